The number of amides is 1. The summed E-state index contributed by atoms with van der Waals surface area (Å²) in [5.74, 6) is -0.893. The molecule has 218 valence electrons. The van der Waals surface area contributed by atoms with Crippen molar-refractivity contribution < 1.29 is 40.3 Å². The van der Waals surface area contributed by atoms with Crippen LogP contribution in [0.15, 0.2) is 60.9 Å². The molecule has 3 unspecified atom stereocenters. The Morgan fingerprint density at radius 2 is 1.59 bits per heavy atom. The van der Waals surface area contributed by atoms with Crippen LogP contribution in [0.1, 0.15) is 54.0 Å². The Morgan fingerprint density at radius 1 is 0.976 bits per heavy atom. The standard InChI is InChI=1S/C28H25F7N4O2/c1-15(17-9-18(27(30,31)32)11-19(10-17)28(33,34)35)41-23-14-39-22(25(23)16-3-5-20(29)6-4-16)12-21(13-24(39)40)38-26-36-7-2-8-37-26/h2-11,15,21-23,25H,12-14H2,1H3,(H,36,37,38)/t15-,21?,22?,23+,25?/m1/s1. The van der Waals surface area contributed by atoms with Crippen LogP contribution in [0.2, 0.25) is 0 Å². The highest BCUT2D eigenvalue weighted by Crippen LogP contribution is 2.44. The van der Waals surface area contributed by atoms with Crippen LogP contribution >= 0.6 is 0 Å². The summed E-state index contributed by atoms with van der Waals surface area (Å²) in [5, 5.41) is 3.14. The van der Waals surface area contributed by atoms with E-state index in [1.54, 1.807) is 35.5 Å². The Bertz CT molecular complexity index is 1350. The summed E-state index contributed by atoms with van der Waals surface area (Å²) in [5.41, 5.74) is -2.56. The zero-order valence-electron chi connectivity index (χ0n) is 21.6. The molecule has 41 heavy (non-hydrogen) atoms. The van der Waals surface area contributed by atoms with E-state index in [1.165, 1.54) is 19.1 Å². The fourth-order valence-corrected chi connectivity index (χ4v) is 5.62. The maximum absolute atomic E-state index is 13.8. The predicted octanol–water partition coefficient (Wildman–Crippen LogP) is 6.37. The third kappa shape index (κ3) is 6.29. The van der Waals surface area contributed by atoms with Crippen LogP contribution < -0.4 is 5.32 Å². The number of alkyl halides is 6. The molecule has 2 fully saturated rings. The molecule has 0 radical (unpaired) electrons. The van der Waals surface area contributed by atoms with Gasteiger partial charge in [-0.05, 0) is 60.9 Å². The average molecular weight is 583 g/mol. The fourth-order valence-electron chi connectivity index (χ4n) is 5.62. The number of aromatic nitrogens is 2. The quantitative estimate of drug-likeness (QED) is 0.343. The number of fused-ring (bicyclic) bond motifs is 1. The second-order valence-corrected chi connectivity index (χ2v) is 10.2. The van der Waals surface area contributed by atoms with E-state index in [9.17, 15) is 35.5 Å². The average Bonchev–Trinajstić information content (AvgIpc) is 3.26. The minimum absolute atomic E-state index is 0.0650. The number of nitrogens with zero attached hydrogens (tertiary/aromatic N) is 3. The van der Waals surface area contributed by atoms with Gasteiger partial charge in [-0.15, -0.1) is 0 Å². The van der Waals surface area contributed by atoms with Crippen molar-refractivity contribution in [1.82, 2.24) is 14.9 Å². The van der Waals surface area contributed by atoms with Crippen molar-refractivity contribution in [2.24, 2.45) is 0 Å². The van der Waals surface area contributed by atoms with Crippen molar-refractivity contribution in [1.29, 1.82) is 0 Å². The number of carbonyl (C=O) groups excluding carboxylic acids is 1. The highest BCUT2D eigenvalue weighted by Gasteiger charge is 2.49. The molecule has 1 aromatic heterocycles. The van der Waals surface area contributed by atoms with E-state index < -0.39 is 53.5 Å². The molecular formula is C28H25F7N4O2. The molecule has 5 rings (SSSR count). The summed E-state index contributed by atoms with van der Waals surface area (Å²) < 4.78 is 101. The molecular weight excluding hydrogens is 557 g/mol. The summed E-state index contributed by atoms with van der Waals surface area (Å²) in [4.78, 5) is 23.1. The van der Waals surface area contributed by atoms with Gasteiger partial charge in [0.2, 0.25) is 11.9 Å². The van der Waals surface area contributed by atoms with Gasteiger partial charge in [0.1, 0.15) is 5.82 Å². The van der Waals surface area contributed by atoms with E-state index in [1.807, 2.05) is 0 Å². The number of hydrogen-bond donors (Lipinski definition) is 1. The molecule has 0 spiro atoms. The van der Waals surface area contributed by atoms with Crippen LogP contribution in [-0.4, -0.2) is 45.5 Å². The van der Waals surface area contributed by atoms with Crippen molar-refractivity contribution in [2.75, 3.05) is 11.9 Å². The molecule has 1 N–H and O–H groups in total. The van der Waals surface area contributed by atoms with E-state index in [-0.39, 0.29) is 36.5 Å². The number of piperidine rings is 1. The first-order valence-corrected chi connectivity index (χ1v) is 12.8. The van der Waals surface area contributed by atoms with Crippen LogP contribution in [0, 0.1) is 5.82 Å². The summed E-state index contributed by atoms with van der Waals surface area (Å²) in [6.45, 7) is 1.43. The number of carbonyl (C=O) groups is 1. The SMILES string of the molecule is C[C@@H](O[C@H]1CN2C(=O)CC(Nc3ncccn3)CC2C1c1ccc(F)cc1)c1cc(C(F)(F)F)cc(C(F)(F)F)c1. The highest BCUT2D eigenvalue weighted by molar-refractivity contribution is 5.79. The Balaban J connectivity index is 1.45. The molecule has 2 aromatic carbocycles. The molecule has 0 aliphatic carbocycles. The molecule has 6 nitrogen and oxygen atoms in total. The normalized spacial score (nSPS) is 23.8. The number of hydrogen-bond acceptors (Lipinski definition) is 5. The lowest BCUT2D eigenvalue weighted by Gasteiger charge is -2.37. The molecule has 3 aromatic rings. The van der Waals surface area contributed by atoms with E-state index in [0.717, 1.165) is 0 Å². The highest BCUT2D eigenvalue weighted by atomic mass is 19.4. The van der Waals surface area contributed by atoms with Gasteiger partial charge < -0.3 is 15.0 Å². The summed E-state index contributed by atoms with van der Waals surface area (Å²) in [6.07, 6.45) is -8.33. The minimum Gasteiger partial charge on any atom is -0.368 e. The van der Waals surface area contributed by atoms with Crippen molar-refractivity contribution in [2.45, 2.75) is 62.3 Å². The number of halogens is 7. The third-order valence-electron chi connectivity index (χ3n) is 7.47. The lowest BCUT2D eigenvalue weighted by molar-refractivity contribution is -0.143. The first-order valence-electron chi connectivity index (χ1n) is 12.8. The van der Waals surface area contributed by atoms with Crippen LogP contribution in [0.4, 0.5) is 36.7 Å². The smallest absolute Gasteiger partial charge is 0.368 e. The number of nitrogens with one attached hydrogen (secondary N) is 1. The van der Waals surface area contributed by atoms with Crippen LogP contribution in [0.25, 0.3) is 0 Å². The van der Waals surface area contributed by atoms with Gasteiger partial charge >= 0.3 is 12.4 Å². The van der Waals surface area contributed by atoms with E-state index in [2.05, 4.69) is 15.3 Å². The van der Waals surface area contributed by atoms with Gasteiger partial charge in [-0.1, -0.05) is 12.1 Å². The fraction of sp³-hybridized carbons (Fsp3) is 0.393. The first-order chi connectivity index (χ1) is 19.3. The third-order valence-corrected chi connectivity index (χ3v) is 7.47. The molecule has 13 heteroatoms. The zero-order chi connectivity index (χ0) is 29.5. The van der Waals surface area contributed by atoms with Gasteiger partial charge in [-0.25, -0.2) is 14.4 Å². The zero-order valence-corrected chi connectivity index (χ0v) is 21.6. The largest absolute Gasteiger partial charge is 0.416 e. The number of benzene rings is 2. The maximum Gasteiger partial charge on any atom is 0.416 e. The number of anilines is 1. The summed E-state index contributed by atoms with van der Waals surface area (Å²) in [6, 6.07) is 7.78. The molecule has 2 aliphatic heterocycles. The van der Waals surface area contributed by atoms with Gasteiger partial charge in [0.15, 0.2) is 0 Å². The second-order valence-electron chi connectivity index (χ2n) is 10.2. The van der Waals surface area contributed by atoms with Gasteiger partial charge in [-0.3, -0.25) is 4.79 Å². The van der Waals surface area contributed by atoms with Crippen molar-refractivity contribution >= 4 is 11.9 Å². The Labute approximate surface area is 230 Å². The molecule has 1 amide bonds. The predicted molar refractivity (Wildman–Crippen MR) is 133 cm³/mol. The Kier molecular flexibility index (Phi) is 7.66. The van der Waals surface area contributed by atoms with Crippen LogP contribution in [0.5, 0.6) is 0 Å². The maximum atomic E-state index is 13.8. The lowest BCUT2D eigenvalue weighted by atomic mass is 9.84. The van der Waals surface area contributed by atoms with E-state index in [0.29, 0.717) is 30.1 Å². The van der Waals surface area contributed by atoms with Crippen LogP contribution in [0.3, 0.4) is 0 Å². The Hall–Kier alpha value is -3.74. The van der Waals surface area contributed by atoms with E-state index >= 15 is 0 Å². The van der Waals surface area contributed by atoms with Crippen LogP contribution in [-0.2, 0) is 21.9 Å². The number of ether oxygens (including phenoxy) is 1. The molecule has 0 bridgehead atoms. The van der Waals surface area contributed by atoms with E-state index in [4.69, 9.17) is 4.74 Å². The minimum atomic E-state index is -5.00. The number of rotatable bonds is 6. The van der Waals surface area contributed by atoms with Crippen molar-refractivity contribution in [3.63, 3.8) is 0 Å². The van der Waals surface area contributed by atoms with Gasteiger partial charge in [0.25, 0.3) is 0 Å². The topological polar surface area (TPSA) is 67.3 Å². The Morgan fingerprint density at radius 3 is 2.17 bits per heavy atom. The molecule has 2 aliphatic rings. The molecule has 2 saturated heterocycles. The lowest BCUT2D eigenvalue weighted by Crippen LogP contribution is -2.48. The van der Waals surface area contributed by atoms with Gasteiger partial charge in [0, 0.05) is 43.4 Å². The molecule has 5 atom stereocenters. The monoisotopic (exact) mass is 582 g/mol. The van der Waals surface area contributed by atoms with Crippen molar-refractivity contribution in [3.05, 3.63) is 89.0 Å². The van der Waals surface area contributed by atoms with Crippen molar-refractivity contribution in [3.8, 4) is 0 Å². The van der Waals surface area contributed by atoms with Gasteiger partial charge in [0.05, 0.1) is 23.3 Å². The molecule has 3 heterocycles. The first kappa shape index (κ1) is 28.8. The summed E-state index contributed by atoms with van der Waals surface area (Å²) >= 11 is 0. The van der Waals surface area contributed by atoms with Gasteiger partial charge in [-0.2, -0.15) is 26.3 Å². The summed E-state index contributed by atoms with van der Waals surface area (Å²) in [7, 11) is 0. The second kappa shape index (κ2) is 10.9. The molecule has 0 saturated carbocycles.